The number of rotatable bonds is 4. The molecule has 0 spiro atoms. The second kappa shape index (κ2) is 5.85. The minimum Gasteiger partial charge on any atom is -0.383 e. The second-order valence-electron chi connectivity index (χ2n) is 5.97. The molecule has 1 fully saturated rings. The first kappa shape index (κ1) is 14.1. The summed E-state index contributed by atoms with van der Waals surface area (Å²) in [5, 5.41) is 9.28. The molecular weight excluding hydrogens is 266 g/mol. The Kier molecular flexibility index (Phi) is 3.92. The maximum absolute atomic E-state index is 11.7. The molecule has 1 saturated heterocycles. The van der Waals surface area contributed by atoms with Crippen LogP contribution in [-0.2, 0) is 0 Å². The van der Waals surface area contributed by atoms with Crippen LogP contribution >= 0.6 is 0 Å². The molecule has 0 radical (unpaired) electrons. The molecular formula is C16H21N3O2. The third-order valence-corrected chi connectivity index (χ3v) is 4.20. The van der Waals surface area contributed by atoms with E-state index in [4.69, 9.17) is 0 Å². The van der Waals surface area contributed by atoms with Crippen LogP contribution in [0.3, 0.4) is 0 Å². The van der Waals surface area contributed by atoms with Crippen LogP contribution < -0.4 is 16.0 Å². The van der Waals surface area contributed by atoms with E-state index in [1.807, 2.05) is 6.07 Å². The van der Waals surface area contributed by atoms with Gasteiger partial charge in [-0.3, -0.25) is 14.9 Å². The zero-order valence-electron chi connectivity index (χ0n) is 12.2. The smallest absolute Gasteiger partial charge is 0.259 e. The van der Waals surface area contributed by atoms with Crippen molar-refractivity contribution in [3.8, 4) is 0 Å². The van der Waals surface area contributed by atoms with Gasteiger partial charge in [0.15, 0.2) is 0 Å². The summed E-state index contributed by atoms with van der Waals surface area (Å²) in [5.41, 5.74) is 1.82. The van der Waals surface area contributed by atoms with Crippen LogP contribution in [0.5, 0.6) is 0 Å². The summed E-state index contributed by atoms with van der Waals surface area (Å²) in [5.74, 6) is -0.610. The Morgan fingerprint density at radius 1 is 1.24 bits per heavy atom. The number of imide groups is 1. The third-order valence-electron chi connectivity index (χ3n) is 4.20. The summed E-state index contributed by atoms with van der Waals surface area (Å²) >= 11 is 0. The third kappa shape index (κ3) is 3.08. The van der Waals surface area contributed by atoms with E-state index in [1.165, 1.54) is 19.3 Å². The highest BCUT2D eigenvalue weighted by atomic mass is 16.2. The maximum atomic E-state index is 11.7. The van der Waals surface area contributed by atoms with Crippen LogP contribution in [0, 0.1) is 0 Å². The second-order valence-corrected chi connectivity index (χ2v) is 5.97. The van der Waals surface area contributed by atoms with Crippen molar-refractivity contribution < 1.29 is 9.59 Å². The molecule has 1 aromatic carbocycles. The molecule has 0 aromatic heterocycles. The zero-order chi connectivity index (χ0) is 14.8. The number of piperidine rings is 1. The Labute approximate surface area is 124 Å². The van der Waals surface area contributed by atoms with E-state index in [0.29, 0.717) is 23.2 Å². The van der Waals surface area contributed by atoms with Crippen LogP contribution in [0.1, 0.15) is 53.3 Å². The van der Waals surface area contributed by atoms with Gasteiger partial charge in [0.25, 0.3) is 11.8 Å². The lowest BCUT2D eigenvalue weighted by atomic mass is 9.98. The number of fused-ring (bicyclic) bond motifs is 1. The molecule has 0 bridgehead atoms. The first-order chi connectivity index (χ1) is 10.1. The van der Waals surface area contributed by atoms with Crippen molar-refractivity contribution in [3.63, 3.8) is 0 Å². The molecule has 2 unspecified atom stereocenters. The van der Waals surface area contributed by atoms with E-state index < -0.39 is 0 Å². The Morgan fingerprint density at radius 3 is 2.81 bits per heavy atom. The number of anilines is 1. The average Bonchev–Trinajstić information content (AvgIpc) is 2.74. The quantitative estimate of drug-likeness (QED) is 0.740. The Hall–Kier alpha value is -1.88. The summed E-state index contributed by atoms with van der Waals surface area (Å²) in [6.07, 6.45) is 4.85. The Morgan fingerprint density at radius 2 is 2.05 bits per heavy atom. The van der Waals surface area contributed by atoms with Gasteiger partial charge in [0, 0.05) is 17.8 Å². The van der Waals surface area contributed by atoms with Crippen molar-refractivity contribution in [1.82, 2.24) is 10.6 Å². The van der Waals surface area contributed by atoms with Crippen LogP contribution in [0.2, 0.25) is 0 Å². The number of carbonyl (C=O) groups is 2. The van der Waals surface area contributed by atoms with Gasteiger partial charge in [0.05, 0.1) is 11.1 Å². The van der Waals surface area contributed by atoms with Crippen molar-refractivity contribution >= 4 is 17.5 Å². The molecule has 2 heterocycles. The van der Waals surface area contributed by atoms with Crippen LogP contribution in [0.15, 0.2) is 18.2 Å². The number of carbonyl (C=O) groups excluding carboxylic acids is 2. The lowest BCUT2D eigenvalue weighted by Gasteiger charge is -2.27. The van der Waals surface area contributed by atoms with Gasteiger partial charge in [-0.05, 0) is 50.9 Å². The van der Waals surface area contributed by atoms with Gasteiger partial charge in [-0.1, -0.05) is 6.42 Å². The number of nitrogens with one attached hydrogen (secondary N) is 3. The largest absolute Gasteiger partial charge is 0.383 e. The van der Waals surface area contributed by atoms with Gasteiger partial charge >= 0.3 is 0 Å². The molecule has 21 heavy (non-hydrogen) atoms. The summed E-state index contributed by atoms with van der Waals surface area (Å²) < 4.78 is 0. The van der Waals surface area contributed by atoms with Gasteiger partial charge < -0.3 is 10.6 Å². The highest BCUT2D eigenvalue weighted by molar-refractivity contribution is 6.21. The lowest BCUT2D eigenvalue weighted by molar-refractivity contribution is 0.0879. The van der Waals surface area contributed by atoms with Gasteiger partial charge in [-0.2, -0.15) is 0 Å². The highest BCUT2D eigenvalue weighted by Crippen LogP contribution is 2.22. The topological polar surface area (TPSA) is 70.2 Å². The molecule has 0 aliphatic carbocycles. The number of benzene rings is 1. The summed E-state index contributed by atoms with van der Waals surface area (Å²) in [7, 11) is 0. The van der Waals surface area contributed by atoms with Crippen molar-refractivity contribution in [3.05, 3.63) is 29.3 Å². The fraction of sp³-hybridized carbons (Fsp3) is 0.500. The Bertz CT molecular complexity index is 565. The first-order valence-electron chi connectivity index (χ1n) is 7.63. The van der Waals surface area contributed by atoms with E-state index in [1.54, 1.807) is 12.1 Å². The first-order valence-corrected chi connectivity index (χ1v) is 7.63. The predicted molar refractivity (Wildman–Crippen MR) is 81.6 cm³/mol. The lowest BCUT2D eigenvalue weighted by Crippen LogP contribution is -2.37. The van der Waals surface area contributed by atoms with E-state index in [9.17, 15) is 9.59 Å². The number of hydrogen-bond acceptors (Lipinski definition) is 4. The van der Waals surface area contributed by atoms with Gasteiger partial charge in [-0.25, -0.2) is 0 Å². The van der Waals surface area contributed by atoms with E-state index in [2.05, 4.69) is 22.9 Å². The predicted octanol–water partition coefficient (Wildman–Crippen LogP) is 1.90. The van der Waals surface area contributed by atoms with Crippen LogP contribution in [0.4, 0.5) is 5.69 Å². The molecule has 3 rings (SSSR count). The van der Waals surface area contributed by atoms with Crippen LogP contribution in [-0.4, -0.2) is 30.4 Å². The molecule has 1 aromatic rings. The van der Waals surface area contributed by atoms with Crippen molar-refractivity contribution in [2.75, 3.05) is 11.9 Å². The standard InChI is InChI=1S/C16H21N3O2/c1-10(8-11-4-2-3-7-17-11)18-12-5-6-13-14(9-12)16(21)19-15(13)20/h5-6,9-11,17-18H,2-4,7-8H2,1H3,(H,19,20,21). The van der Waals surface area contributed by atoms with E-state index >= 15 is 0 Å². The molecule has 3 N–H and O–H groups in total. The van der Waals surface area contributed by atoms with Crippen molar-refractivity contribution in [2.24, 2.45) is 0 Å². The minimum absolute atomic E-state index is 0.305. The minimum atomic E-state index is -0.305. The van der Waals surface area contributed by atoms with E-state index in [-0.39, 0.29) is 11.8 Å². The SMILES string of the molecule is CC(CC1CCCCN1)Nc1ccc2c(c1)C(=O)NC2=O. The fourth-order valence-corrected chi connectivity index (χ4v) is 3.15. The van der Waals surface area contributed by atoms with Crippen molar-refractivity contribution in [2.45, 2.75) is 44.7 Å². The van der Waals surface area contributed by atoms with Crippen LogP contribution in [0.25, 0.3) is 0 Å². The maximum Gasteiger partial charge on any atom is 0.259 e. The summed E-state index contributed by atoms with van der Waals surface area (Å²) in [4.78, 5) is 23.2. The number of hydrogen-bond donors (Lipinski definition) is 3. The molecule has 2 atom stereocenters. The molecule has 112 valence electrons. The summed E-state index contributed by atoms with van der Waals surface area (Å²) in [6, 6.07) is 6.23. The van der Waals surface area contributed by atoms with E-state index in [0.717, 1.165) is 18.7 Å². The normalized spacial score (nSPS) is 22.6. The van der Waals surface area contributed by atoms with Gasteiger partial charge in [0.1, 0.15) is 0 Å². The highest BCUT2D eigenvalue weighted by Gasteiger charge is 2.26. The number of amides is 2. The monoisotopic (exact) mass is 287 g/mol. The zero-order valence-corrected chi connectivity index (χ0v) is 12.2. The molecule has 5 heteroatoms. The molecule has 0 saturated carbocycles. The molecule has 5 nitrogen and oxygen atoms in total. The van der Waals surface area contributed by atoms with Gasteiger partial charge in [0.2, 0.25) is 0 Å². The fourth-order valence-electron chi connectivity index (χ4n) is 3.15. The Balaban J connectivity index is 1.64. The van der Waals surface area contributed by atoms with Gasteiger partial charge in [-0.15, -0.1) is 0 Å². The summed E-state index contributed by atoms with van der Waals surface area (Å²) in [6.45, 7) is 3.26. The molecule has 2 aliphatic rings. The average molecular weight is 287 g/mol. The van der Waals surface area contributed by atoms with Crippen molar-refractivity contribution in [1.29, 1.82) is 0 Å². The molecule has 2 amide bonds. The molecule has 2 aliphatic heterocycles.